The van der Waals surface area contributed by atoms with Gasteiger partial charge in [0.2, 0.25) is 0 Å². The van der Waals surface area contributed by atoms with Crippen LogP contribution in [0.2, 0.25) is 0 Å². The first-order valence-electron chi connectivity index (χ1n) is 7.75. The maximum atomic E-state index is 9.57. The molecule has 2 unspecified atom stereocenters. The molecule has 1 fully saturated rings. The van der Waals surface area contributed by atoms with Crippen molar-refractivity contribution in [1.29, 1.82) is 0 Å². The van der Waals surface area contributed by atoms with E-state index in [1.807, 2.05) is 12.1 Å². The van der Waals surface area contributed by atoms with Gasteiger partial charge in [0.05, 0.1) is 0 Å². The monoisotopic (exact) mass is 261 g/mol. The van der Waals surface area contributed by atoms with Crippen LogP contribution in [0.1, 0.15) is 64.0 Å². The highest BCUT2D eigenvalue weighted by atomic mass is 16.3. The van der Waals surface area contributed by atoms with Crippen LogP contribution in [0.4, 0.5) is 0 Å². The van der Waals surface area contributed by atoms with Gasteiger partial charge in [0.25, 0.3) is 0 Å². The molecule has 0 radical (unpaired) electrons. The van der Waals surface area contributed by atoms with Crippen LogP contribution in [0, 0.1) is 5.92 Å². The van der Waals surface area contributed by atoms with E-state index in [2.05, 4.69) is 25.2 Å². The summed E-state index contributed by atoms with van der Waals surface area (Å²) in [5, 5.41) is 13.3. The molecule has 1 aromatic carbocycles. The molecule has 2 rings (SSSR count). The molecule has 2 atom stereocenters. The van der Waals surface area contributed by atoms with Crippen molar-refractivity contribution in [2.75, 3.05) is 0 Å². The number of nitrogens with one attached hydrogen (secondary N) is 1. The van der Waals surface area contributed by atoms with E-state index in [0.717, 1.165) is 5.92 Å². The molecule has 19 heavy (non-hydrogen) atoms. The number of aromatic hydroxyl groups is 1. The van der Waals surface area contributed by atoms with Gasteiger partial charge < -0.3 is 10.4 Å². The minimum atomic E-state index is 0.305. The van der Waals surface area contributed by atoms with E-state index in [1.54, 1.807) is 6.07 Å². The van der Waals surface area contributed by atoms with Gasteiger partial charge in [-0.25, -0.2) is 0 Å². The largest absolute Gasteiger partial charge is 0.508 e. The van der Waals surface area contributed by atoms with Crippen molar-refractivity contribution in [1.82, 2.24) is 5.32 Å². The standard InChI is InChI=1S/C17H27NO/c1-3-17(14-8-5-4-6-9-14)18-13(2)15-10-7-11-16(19)12-15/h7,10-14,17-19H,3-6,8-9H2,1-2H3. The summed E-state index contributed by atoms with van der Waals surface area (Å²) >= 11 is 0. The van der Waals surface area contributed by atoms with E-state index in [-0.39, 0.29) is 0 Å². The Morgan fingerprint density at radius 1 is 1.26 bits per heavy atom. The first-order chi connectivity index (χ1) is 9.20. The smallest absolute Gasteiger partial charge is 0.115 e. The van der Waals surface area contributed by atoms with E-state index in [0.29, 0.717) is 17.8 Å². The van der Waals surface area contributed by atoms with E-state index in [9.17, 15) is 5.11 Å². The predicted octanol–water partition coefficient (Wildman–Crippen LogP) is 4.40. The Morgan fingerprint density at radius 3 is 2.63 bits per heavy atom. The normalized spacial score (nSPS) is 20.1. The number of benzene rings is 1. The highest BCUT2D eigenvalue weighted by Gasteiger charge is 2.23. The Bertz CT molecular complexity index is 385. The summed E-state index contributed by atoms with van der Waals surface area (Å²) < 4.78 is 0. The molecule has 0 aromatic heterocycles. The van der Waals surface area contributed by atoms with Crippen molar-refractivity contribution in [3.8, 4) is 5.75 Å². The highest BCUT2D eigenvalue weighted by Crippen LogP contribution is 2.29. The molecule has 2 heteroatoms. The molecule has 0 heterocycles. The number of phenolic OH excluding ortho intramolecular Hbond substituents is 1. The lowest BCUT2D eigenvalue weighted by Gasteiger charge is -2.32. The summed E-state index contributed by atoms with van der Waals surface area (Å²) in [6, 6.07) is 8.52. The minimum Gasteiger partial charge on any atom is -0.508 e. The molecule has 106 valence electrons. The van der Waals surface area contributed by atoms with Gasteiger partial charge in [-0.15, -0.1) is 0 Å². The van der Waals surface area contributed by atoms with Gasteiger partial charge in [-0.2, -0.15) is 0 Å². The molecular weight excluding hydrogens is 234 g/mol. The third kappa shape index (κ3) is 3.97. The molecule has 1 saturated carbocycles. The van der Waals surface area contributed by atoms with Crippen molar-refractivity contribution in [2.24, 2.45) is 5.92 Å². The van der Waals surface area contributed by atoms with Crippen molar-refractivity contribution < 1.29 is 5.11 Å². The first-order valence-corrected chi connectivity index (χ1v) is 7.75. The van der Waals surface area contributed by atoms with Crippen molar-refractivity contribution >= 4 is 0 Å². The summed E-state index contributed by atoms with van der Waals surface area (Å²) in [5.41, 5.74) is 1.18. The lowest BCUT2D eigenvalue weighted by molar-refractivity contribution is 0.249. The topological polar surface area (TPSA) is 32.3 Å². The van der Waals surface area contributed by atoms with Crippen LogP contribution in [0.15, 0.2) is 24.3 Å². The fraction of sp³-hybridized carbons (Fsp3) is 0.647. The van der Waals surface area contributed by atoms with Gasteiger partial charge >= 0.3 is 0 Å². The maximum Gasteiger partial charge on any atom is 0.115 e. The second kappa shape index (κ2) is 6.95. The third-order valence-corrected chi connectivity index (χ3v) is 4.49. The molecule has 1 aliphatic carbocycles. The van der Waals surface area contributed by atoms with Crippen molar-refractivity contribution in [2.45, 2.75) is 64.5 Å². The van der Waals surface area contributed by atoms with Gasteiger partial charge in [0, 0.05) is 12.1 Å². The molecule has 0 spiro atoms. The fourth-order valence-corrected chi connectivity index (χ4v) is 3.34. The van der Waals surface area contributed by atoms with Crippen LogP contribution >= 0.6 is 0 Å². The Kier molecular flexibility index (Phi) is 5.26. The number of phenols is 1. The number of rotatable bonds is 5. The molecule has 2 N–H and O–H groups in total. The van der Waals surface area contributed by atoms with Crippen LogP contribution < -0.4 is 5.32 Å². The summed E-state index contributed by atoms with van der Waals surface area (Å²) in [6.07, 6.45) is 8.13. The molecule has 0 bridgehead atoms. The second-order valence-electron chi connectivity index (χ2n) is 5.90. The first kappa shape index (κ1) is 14.4. The van der Waals surface area contributed by atoms with Crippen molar-refractivity contribution in [3.63, 3.8) is 0 Å². The lowest BCUT2D eigenvalue weighted by Crippen LogP contribution is -2.38. The van der Waals surface area contributed by atoms with Gasteiger partial charge in [-0.3, -0.25) is 0 Å². The Labute approximate surface area is 117 Å². The SMILES string of the molecule is CCC(NC(C)c1cccc(O)c1)C1CCCCC1. The third-order valence-electron chi connectivity index (χ3n) is 4.49. The van der Waals surface area contributed by atoms with Gasteiger partial charge in [-0.05, 0) is 49.8 Å². The molecule has 0 amide bonds. The van der Waals surface area contributed by atoms with Gasteiger partial charge in [-0.1, -0.05) is 38.3 Å². The molecule has 1 aromatic rings. The van der Waals surface area contributed by atoms with Crippen LogP contribution in [0.3, 0.4) is 0 Å². The molecule has 0 saturated heterocycles. The van der Waals surface area contributed by atoms with Gasteiger partial charge in [0.1, 0.15) is 5.75 Å². The van der Waals surface area contributed by atoms with Crippen LogP contribution in [0.5, 0.6) is 5.75 Å². The summed E-state index contributed by atoms with van der Waals surface area (Å²) in [6.45, 7) is 4.47. The number of hydrogen-bond donors (Lipinski definition) is 2. The lowest BCUT2D eigenvalue weighted by atomic mass is 9.82. The Balaban J connectivity index is 1.97. The molecule has 2 nitrogen and oxygen atoms in total. The molecule has 0 aliphatic heterocycles. The summed E-state index contributed by atoms with van der Waals surface area (Å²) in [5.74, 6) is 1.19. The average molecular weight is 261 g/mol. The summed E-state index contributed by atoms with van der Waals surface area (Å²) in [4.78, 5) is 0. The fourth-order valence-electron chi connectivity index (χ4n) is 3.34. The Morgan fingerprint density at radius 2 is 2.00 bits per heavy atom. The van der Waals surface area contributed by atoms with E-state index < -0.39 is 0 Å². The minimum absolute atomic E-state index is 0.305. The van der Waals surface area contributed by atoms with Crippen LogP contribution in [0.25, 0.3) is 0 Å². The zero-order valence-electron chi connectivity index (χ0n) is 12.2. The van der Waals surface area contributed by atoms with Crippen LogP contribution in [-0.2, 0) is 0 Å². The zero-order valence-corrected chi connectivity index (χ0v) is 12.2. The predicted molar refractivity (Wildman–Crippen MR) is 80.3 cm³/mol. The molecule has 1 aliphatic rings. The molecular formula is C17H27NO. The zero-order chi connectivity index (χ0) is 13.7. The van der Waals surface area contributed by atoms with E-state index in [4.69, 9.17) is 0 Å². The van der Waals surface area contributed by atoms with Crippen LogP contribution in [-0.4, -0.2) is 11.1 Å². The Hall–Kier alpha value is -1.02. The maximum absolute atomic E-state index is 9.57. The highest BCUT2D eigenvalue weighted by molar-refractivity contribution is 5.29. The summed E-state index contributed by atoms with van der Waals surface area (Å²) in [7, 11) is 0. The van der Waals surface area contributed by atoms with E-state index >= 15 is 0 Å². The number of hydrogen-bond acceptors (Lipinski definition) is 2. The van der Waals surface area contributed by atoms with Gasteiger partial charge in [0.15, 0.2) is 0 Å². The van der Waals surface area contributed by atoms with E-state index in [1.165, 1.54) is 44.1 Å². The average Bonchev–Trinajstić information content (AvgIpc) is 2.45. The van der Waals surface area contributed by atoms with Crippen molar-refractivity contribution in [3.05, 3.63) is 29.8 Å². The quantitative estimate of drug-likeness (QED) is 0.823. The second-order valence-corrected chi connectivity index (χ2v) is 5.90.